The normalized spacial score (nSPS) is 10.1. The van der Waals surface area contributed by atoms with Crippen LogP contribution in [0.1, 0.15) is 31.7 Å². The number of unbranched alkanes of at least 4 members (excludes halogenated alkanes) is 1. The number of benzene rings is 1. The Morgan fingerprint density at radius 3 is 2.50 bits per heavy atom. The van der Waals surface area contributed by atoms with Gasteiger partial charge in [-0.2, -0.15) is 0 Å². The topological polar surface area (TPSA) is 29.1 Å². The standard InChI is InChI=1S/C13H18ClNO/c1-2-11-6-8-12(9-7-11)15-13(16)5-3-4-10-14/h6-9H,2-5,10H2,1H3,(H,15,16). The molecule has 2 nitrogen and oxygen atoms in total. The van der Waals surface area contributed by atoms with Crippen molar-refractivity contribution < 1.29 is 4.79 Å². The summed E-state index contributed by atoms with van der Waals surface area (Å²) in [5.74, 6) is 0.688. The summed E-state index contributed by atoms with van der Waals surface area (Å²) in [5.41, 5.74) is 2.15. The average Bonchev–Trinajstić information content (AvgIpc) is 2.30. The van der Waals surface area contributed by atoms with Crippen molar-refractivity contribution >= 4 is 23.2 Å². The van der Waals surface area contributed by atoms with E-state index < -0.39 is 0 Å². The van der Waals surface area contributed by atoms with E-state index in [1.54, 1.807) is 0 Å². The third kappa shape index (κ3) is 4.67. The van der Waals surface area contributed by atoms with Crippen LogP contribution >= 0.6 is 11.6 Å². The Morgan fingerprint density at radius 2 is 1.94 bits per heavy atom. The molecule has 0 heterocycles. The summed E-state index contributed by atoms with van der Waals surface area (Å²) in [4.78, 5) is 11.5. The van der Waals surface area contributed by atoms with Gasteiger partial charge in [-0.05, 0) is 37.0 Å². The molecule has 1 amide bonds. The molecular formula is C13H18ClNO. The quantitative estimate of drug-likeness (QED) is 0.597. The predicted octanol–water partition coefficient (Wildman–Crippen LogP) is 3.60. The second-order valence-corrected chi connectivity index (χ2v) is 4.12. The molecule has 0 aliphatic carbocycles. The zero-order chi connectivity index (χ0) is 11.8. The van der Waals surface area contributed by atoms with Crippen molar-refractivity contribution in [1.82, 2.24) is 0 Å². The maximum absolute atomic E-state index is 11.5. The predicted molar refractivity (Wildman–Crippen MR) is 69.0 cm³/mol. The van der Waals surface area contributed by atoms with Crippen LogP contribution in [0.4, 0.5) is 5.69 Å². The van der Waals surface area contributed by atoms with Crippen molar-refractivity contribution in [2.45, 2.75) is 32.6 Å². The highest BCUT2D eigenvalue weighted by molar-refractivity contribution is 6.17. The highest BCUT2D eigenvalue weighted by atomic mass is 35.5. The van der Waals surface area contributed by atoms with Crippen molar-refractivity contribution in [2.75, 3.05) is 11.2 Å². The molecule has 3 heteroatoms. The van der Waals surface area contributed by atoms with Gasteiger partial charge in [0.2, 0.25) is 5.91 Å². The van der Waals surface area contributed by atoms with Gasteiger partial charge in [-0.25, -0.2) is 0 Å². The fourth-order valence-electron chi connectivity index (χ4n) is 1.43. The molecule has 0 saturated heterocycles. The third-order valence-electron chi connectivity index (χ3n) is 2.43. The van der Waals surface area contributed by atoms with E-state index in [-0.39, 0.29) is 5.91 Å². The molecule has 1 aromatic carbocycles. The third-order valence-corrected chi connectivity index (χ3v) is 2.70. The van der Waals surface area contributed by atoms with Crippen LogP contribution in [0.3, 0.4) is 0 Å². The van der Waals surface area contributed by atoms with Gasteiger partial charge in [-0.15, -0.1) is 11.6 Å². The van der Waals surface area contributed by atoms with Gasteiger partial charge in [0.1, 0.15) is 0 Å². The summed E-state index contributed by atoms with van der Waals surface area (Å²) >= 11 is 5.55. The molecular weight excluding hydrogens is 222 g/mol. The van der Waals surface area contributed by atoms with Crippen molar-refractivity contribution in [3.63, 3.8) is 0 Å². The van der Waals surface area contributed by atoms with Crippen LogP contribution in [0.25, 0.3) is 0 Å². The van der Waals surface area contributed by atoms with Gasteiger partial charge in [-0.1, -0.05) is 19.1 Å². The molecule has 0 aromatic heterocycles. The minimum Gasteiger partial charge on any atom is -0.326 e. The Labute approximate surface area is 102 Å². The summed E-state index contributed by atoms with van der Waals surface area (Å²) in [5, 5.41) is 2.87. The van der Waals surface area contributed by atoms with E-state index in [0.29, 0.717) is 12.3 Å². The molecule has 0 spiro atoms. The van der Waals surface area contributed by atoms with Gasteiger partial charge in [-0.3, -0.25) is 4.79 Å². The lowest BCUT2D eigenvalue weighted by atomic mass is 10.1. The average molecular weight is 240 g/mol. The number of amides is 1. The van der Waals surface area contributed by atoms with Crippen LogP contribution in [0.5, 0.6) is 0 Å². The van der Waals surface area contributed by atoms with Crippen molar-refractivity contribution in [3.8, 4) is 0 Å². The molecule has 1 rings (SSSR count). The lowest BCUT2D eigenvalue weighted by Gasteiger charge is -2.05. The van der Waals surface area contributed by atoms with Crippen LogP contribution < -0.4 is 5.32 Å². The van der Waals surface area contributed by atoms with Crippen molar-refractivity contribution in [3.05, 3.63) is 29.8 Å². The first-order valence-electron chi connectivity index (χ1n) is 5.71. The number of hydrogen-bond donors (Lipinski definition) is 1. The van der Waals surface area contributed by atoms with E-state index in [4.69, 9.17) is 11.6 Å². The maximum atomic E-state index is 11.5. The molecule has 1 aromatic rings. The SMILES string of the molecule is CCc1ccc(NC(=O)CCCCCl)cc1. The first kappa shape index (κ1) is 13.0. The molecule has 88 valence electrons. The summed E-state index contributed by atoms with van der Waals surface area (Å²) < 4.78 is 0. The Bertz CT molecular complexity index is 321. The van der Waals surface area contributed by atoms with Gasteiger partial charge in [0.25, 0.3) is 0 Å². The van der Waals surface area contributed by atoms with E-state index in [9.17, 15) is 4.79 Å². The first-order chi connectivity index (χ1) is 7.76. The van der Waals surface area contributed by atoms with Crippen molar-refractivity contribution in [1.29, 1.82) is 0 Å². The Morgan fingerprint density at radius 1 is 1.25 bits per heavy atom. The van der Waals surface area contributed by atoms with E-state index in [1.165, 1.54) is 5.56 Å². The molecule has 0 unspecified atom stereocenters. The minimum absolute atomic E-state index is 0.0642. The highest BCUT2D eigenvalue weighted by Crippen LogP contribution is 2.10. The Kier molecular flexibility index (Phi) is 5.94. The number of aryl methyl sites for hydroxylation is 1. The van der Waals surface area contributed by atoms with Gasteiger partial charge >= 0.3 is 0 Å². The van der Waals surface area contributed by atoms with Crippen LogP contribution in [0.15, 0.2) is 24.3 Å². The van der Waals surface area contributed by atoms with Gasteiger partial charge < -0.3 is 5.32 Å². The second-order valence-electron chi connectivity index (χ2n) is 3.74. The Balaban J connectivity index is 2.37. The molecule has 0 saturated carbocycles. The number of carbonyl (C=O) groups excluding carboxylic acids is 1. The zero-order valence-corrected chi connectivity index (χ0v) is 10.4. The van der Waals surface area contributed by atoms with E-state index in [2.05, 4.69) is 12.2 Å². The van der Waals surface area contributed by atoms with E-state index >= 15 is 0 Å². The first-order valence-corrected chi connectivity index (χ1v) is 6.24. The van der Waals surface area contributed by atoms with Crippen LogP contribution in [-0.2, 0) is 11.2 Å². The van der Waals surface area contributed by atoms with Crippen LogP contribution in [0, 0.1) is 0 Å². The molecule has 0 aliphatic rings. The number of nitrogens with one attached hydrogen (secondary N) is 1. The molecule has 0 radical (unpaired) electrons. The molecule has 1 N–H and O–H groups in total. The van der Waals surface area contributed by atoms with Crippen LogP contribution in [-0.4, -0.2) is 11.8 Å². The molecule has 0 aliphatic heterocycles. The fourth-order valence-corrected chi connectivity index (χ4v) is 1.62. The number of carbonyl (C=O) groups is 1. The smallest absolute Gasteiger partial charge is 0.224 e. The summed E-state index contributed by atoms with van der Waals surface area (Å²) in [6, 6.07) is 7.96. The zero-order valence-electron chi connectivity index (χ0n) is 9.63. The number of rotatable bonds is 6. The largest absolute Gasteiger partial charge is 0.326 e. The number of anilines is 1. The summed E-state index contributed by atoms with van der Waals surface area (Å²) in [6.45, 7) is 2.11. The molecule has 0 fully saturated rings. The second kappa shape index (κ2) is 7.29. The number of alkyl halides is 1. The maximum Gasteiger partial charge on any atom is 0.224 e. The monoisotopic (exact) mass is 239 g/mol. The van der Waals surface area contributed by atoms with Gasteiger partial charge in [0.15, 0.2) is 0 Å². The minimum atomic E-state index is 0.0642. The molecule has 0 atom stereocenters. The van der Waals surface area contributed by atoms with Gasteiger partial charge in [0.05, 0.1) is 0 Å². The summed E-state index contributed by atoms with van der Waals surface area (Å²) in [6.07, 6.45) is 3.30. The lowest BCUT2D eigenvalue weighted by Crippen LogP contribution is -2.11. The molecule has 16 heavy (non-hydrogen) atoms. The number of hydrogen-bond acceptors (Lipinski definition) is 1. The lowest BCUT2D eigenvalue weighted by molar-refractivity contribution is -0.116. The fraction of sp³-hybridized carbons (Fsp3) is 0.462. The Hall–Kier alpha value is -1.02. The number of halogens is 1. The van der Waals surface area contributed by atoms with E-state index in [0.717, 1.165) is 24.9 Å². The van der Waals surface area contributed by atoms with Crippen molar-refractivity contribution in [2.24, 2.45) is 0 Å². The molecule has 0 bridgehead atoms. The van der Waals surface area contributed by atoms with Crippen LogP contribution in [0.2, 0.25) is 0 Å². The van der Waals surface area contributed by atoms with E-state index in [1.807, 2.05) is 24.3 Å². The summed E-state index contributed by atoms with van der Waals surface area (Å²) in [7, 11) is 0. The van der Waals surface area contributed by atoms with Gasteiger partial charge in [0, 0.05) is 18.0 Å². The highest BCUT2D eigenvalue weighted by Gasteiger charge is 2.01.